The minimum absolute atomic E-state index is 0.611. The Bertz CT molecular complexity index is 50.3. The van der Waals surface area contributed by atoms with E-state index in [4.69, 9.17) is 4.74 Å². The van der Waals surface area contributed by atoms with Crippen molar-refractivity contribution < 1.29 is 4.74 Å². The molecule has 1 heteroatoms. The van der Waals surface area contributed by atoms with E-state index in [0.717, 1.165) is 12.8 Å². The molecule has 0 aromatic rings. The Morgan fingerprint density at radius 2 is 2.25 bits per heavy atom. The number of hydrogen-bond donors (Lipinski definition) is 0. The summed E-state index contributed by atoms with van der Waals surface area (Å²) in [5, 5.41) is 0. The predicted octanol–water partition coefficient (Wildman–Crippen LogP) is 1.97. The SMILES string of the molecule is [CH2]CC[CH]OCC=C. The lowest BCUT2D eigenvalue weighted by Crippen LogP contribution is -1.85. The van der Waals surface area contributed by atoms with E-state index in [1.165, 1.54) is 0 Å². The molecule has 46 valence electrons. The summed E-state index contributed by atoms with van der Waals surface area (Å²) >= 11 is 0. The summed E-state index contributed by atoms with van der Waals surface area (Å²) in [5.41, 5.74) is 0. The molecule has 0 spiro atoms. The summed E-state index contributed by atoms with van der Waals surface area (Å²) in [4.78, 5) is 0. The van der Waals surface area contributed by atoms with Crippen molar-refractivity contribution in [2.24, 2.45) is 0 Å². The van der Waals surface area contributed by atoms with Crippen LogP contribution in [0.2, 0.25) is 0 Å². The van der Waals surface area contributed by atoms with Gasteiger partial charge in [0.1, 0.15) is 0 Å². The second-order valence-electron chi connectivity index (χ2n) is 1.43. The summed E-state index contributed by atoms with van der Waals surface area (Å²) in [6.07, 6.45) is 3.55. The minimum Gasteiger partial charge on any atom is -0.371 e. The van der Waals surface area contributed by atoms with Gasteiger partial charge in [-0.25, -0.2) is 0 Å². The second-order valence-corrected chi connectivity index (χ2v) is 1.43. The second kappa shape index (κ2) is 6.70. The molecule has 0 saturated heterocycles. The average Bonchev–Trinajstić information content (AvgIpc) is 1.81. The molecule has 0 aliphatic rings. The first-order valence-corrected chi connectivity index (χ1v) is 2.75. The molecular weight excluding hydrogens is 100 g/mol. The molecule has 0 N–H and O–H groups in total. The van der Waals surface area contributed by atoms with Gasteiger partial charge in [0.15, 0.2) is 0 Å². The summed E-state index contributed by atoms with van der Waals surface area (Å²) in [5.74, 6) is 0. The third-order valence-corrected chi connectivity index (χ3v) is 0.654. The van der Waals surface area contributed by atoms with Gasteiger partial charge in [0.05, 0.1) is 13.2 Å². The molecule has 0 aliphatic heterocycles. The highest BCUT2D eigenvalue weighted by Gasteiger charge is 1.81. The summed E-state index contributed by atoms with van der Waals surface area (Å²) in [6.45, 7) is 9.51. The standard InChI is InChI=1S/C7H12O/c1-3-5-7-8-6-4-2/h4,7H,1-3,5-6H2. The van der Waals surface area contributed by atoms with Crippen molar-refractivity contribution >= 4 is 0 Å². The van der Waals surface area contributed by atoms with E-state index in [1.54, 1.807) is 12.7 Å². The third-order valence-electron chi connectivity index (χ3n) is 0.654. The zero-order valence-electron chi connectivity index (χ0n) is 5.10. The van der Waals surface area contributed by atoms with E-state index in [9.17, 15) is 0 Å². The monoisotopic (exact) mass is 112 g/mol. The first-order valence-electron chi connectivity index (χ1n) is 2.75. The van der Waals surface area contributed by atoms with Gasteiger partial charge in [0.2, 0.25) is 0 Å². The van der Waals surface area contributed by atoms with Crippen LogP contribution in [0, 0.1) is 13.5 Å². The smallest absolute Gasteiger partial charge is 0.0841 e. The highest BCUT2D eigenvalue weighted by atomic mass is 16.5. The number of rotatable bonds is 5. The predicted molar refractivity (Wildman–Crippen MR) is 35.0 cm³/mol. The molecule has 0 amide bonds. The molecule has 0 aromatic heterocycles. The number of hydrogen-bond acceptors (Lipinski definition) is 1. The molecule has 8 heavy (non-hydrogen) atoms. The Morgan fingerprint density at radius 1 is 1.50 bits per heavy atom. The van der Waals surface area contributed by atoms with E-state index in [2.05, 4.69) is 13.5 Å². The van der Waals surface area contributed by atoms with Crippen LogP contribution in [0.3, 0.4) is 0 Å². The molecule has 0 unspecified atom stereocenters. The maximum Gasteiger partial charge on any atom is 0.0841 e. The first kappa shape index (κ1) is 7.70. The van der Waals surface area contributed by atoms with E-state index in [-0.39, 0.29) is 0 Å². The molecule has 1 nitrogen and oxygen atoms in total. The average molecular weight is 112 g/mol. The fraction of sp³-hybridized carbons (Fsp3) is 0.429. The third kappa shape index (κ3) is 5.70. The lowest BCUT2D eigenvalue weighted by Gasteiger charge is -1.94. The van der Waals surface area contributed by atoms with Crippen LogP contribution < -0.4 is 0 Å². The molecule has 0 rings (SSSR count). The van der Waals surface area contributed by atoms with Crippen molar-refractivity contribution in [3.63, 3.8) is 0 Å². The Kier molecular flexibility index (Phi) is 6.45. The fourth-order valence-electron chi connectivity index (χ4n) is 0.303. The number of unbranched alkanes of at least 4 members (excludes halogenated alkanes) is 1. The largest absolute Gasteiger partial charge is 0.371 e. The topological polar surface area (TPSA) is 9.23 Å². The molecular formula is C7H12O. The van der Waals surface area contributed by atoms with Crippen LogP contribution in [0.1, 0.15) is 12.8 Å². The van der Waals surface area contributed by atoms with E-state index in [1.807, 2.05) is 0 Å². The molecule has 0 heterocycles. The molecule has 0 fully saturated rings. The van der Waals surface area contributed by atoms with Gasteiger partial charge in [-0.3, -0.25) is 0 Å². The first-order chi connectivity index (χ1) is 3.91. The van der Waals surface area contributed by atoms with E-state index in [0.29, 0.717) is 6.61 Å². The van der Waals surface area contributed by atoms with Gasteiger partial charge in [0.25, 0.3) is 0 Å². The Balaban J connectivity index is 2.62. The van der Waals surface area contributed by atoms with Crippen LogP contribution in [-0.2, 0) is 4.74 Å². The summed E-state index contributed by atoms with van der Waals surface area (Å²) in [6, 6.07) is 0. The zero-order chi connectivity index (χ0) is 6.24. The van der Waals surface area contributed by atoms with Crippen molar-refractivity contribution in [1.82, 2.24) is 0 Å². The van der Waals surface area contributed by atoms with E-state index < -0.39 is 0 Å². The van der Waals surface area contributed by atoms with Gasteiger partial charge in [0, 0.05) is 0 Å². The summed E-state index contributed by atoms with van der Waals surface area (Å²) < 4.78 is 4.94. The van der Waals surface area contributed by atoms with Crippen LogP contribution >= 0.6 is 0 Å². The van der Waals surface area contributed by atoms with Crippen molar-refractivity contribution in [3.05, 3.63) is 26.2 Å². The molecule has 0 bridgehead atoms. The normalized spacial score (nSPS) is 9.12. The van der Waals surface area contributed by atoms with Crippen LogP contribution in [0.5, 0.6) is 0 Å². The Hall–Kier alpha value is -0.300. The quantitative estimate of drug-likeness (QED) is 0.390. The van der Waals surface area contributed by atoms with Gasteiger partial charge in [-0.15, -0.1) is 6.58 Å². The maximum atomic E-state index is 4.94. The Labute approximate surface area is 51.4 Å². The van der Waals surface area contributed by atoms with Gasteiger partial charge in [-0.2, -0.15) is 0 Å². The van der Waals surface area contributed by atoms with Crippen molar-refractivity contribution in [3.8, 4) is 0 Å². The van der Waals surface area contributed by atoms with Gasteiger partial charge in [-0.1, -0.05) is 19.4 Å². The van der Waals surface area contributed by atoms with Crippen molar-refractivity contribution in [2.75, 3.05) is 6.61 Å². The molecule has 0 aliphatic carbocycles. The van der Waals surface area contributed by atoms with Crippen LogP contribution in [-0.4, -0.2) is 6.61 Å². The zero-order valence-corrected chi connectivity index (χ0v) is 5.10. The summed E-state index contributed by atoms with van der Waals surface area (Å²) in [7, 11) is 0. The van der Waals surface area contributed by atoms with Gasteiger partial charge in [-0.05, 0) is 6.42 Å². The number of ether oxygens (including phenoxy) is 1. The lowest BCUT2D eigenvalue weighted by molar-refractivity contribution is 0.225. The fourth-order valence-corrected chi connectivity index (χ4v) is 0.303. The molecule has 2 radical (unpaired) electrons. The van der Waals surface area contributed by atoms with Gasteiger partial charge < -0.3 is 4.74 Å². The molecule has 0 atom stereocenters. The van der Waals surface area contributed by atoms with Crippen molar-refractivity contribution in [1.29, 1.82) is 0 Å². The molecule has 0 aromatic carbocycles. The van der Waals surface area contributed by atoms with Crippen LogP contribution in [0.4, 0.5) is 0 Å². The van der Waals surface area contributed by atoms with Crippen LogP contribution in [0.25, 0.3) is 0 Å². The highest BCUT2D eigenvalue weighted by molar-refractivity contribution is 4.65. The van der Waals surface area contributed by atoms with E-state index >= 15 is 0 Å². The molecule has 0 saturated carbocycles. The minimum atomic E-state index is 0.611. The highest BCUT2D eigenvalue weighted by Crippen LogP contribution is 1.92. The maximum absolute atomic E-state index is 4.94. The van der Waals surface area contributed by atoms with Gasteiger partial charge >= 0.3 is 0 Å². The Morgan fingerprint density at radius 3 is 2.75 bits per heavy atom. The lowest BCUT2D eigenvalue weighted by atomic mass is 10.4. The van der Waals surface area contributed by atoms with Crippen molar-refractivity contribution in [2.45, 2.75) is 12.8 Å². The van der Waals surface area contributed by atoms with Crippen LogP contribution in [0.15, 0.2) is 12.7 Å².